The van der Waals surface area contributed by atoms with Gasteiger partial charge in [0.1, 0.15) is 0 Å². The first-order valence-electron chi connectivity index (χ1n) is 4.74. The monoisotopic (exact) mass is 315 g/mol. The summed E-state index contributed by atoms with van der Waals surface area (Å²) in [5.74, 6) is -0.452. The highest BCUT2D eigenvalue weighted by atomic mass is 79.9. The van der Waals surface area contributed by atoms with Gasteiger partial charge in [-0.2, -0.15) is 0 Å². The molecule has 17 heavy (non-hydrogen) atoms. The fourth-order valence-electron chi connectivity index (χ4n) is 1.37. The van der Waals surface area contributed by atoms with Crippen molar-refractivity contribution in [1.29, 1.82) is 0 Å². The molecule has 88 valence electrons. The average molecular weight is 317 g/mol. The maximum absolute atomic E-state index is 13.3. The van der Waals surface area contributed by atoms with Crippen molar-refractivity contribution in [2.45, 2.75) is 6.92 Å². The first-order valence-corrected chi connectivity index (χ1v) is 5.91. The summed E-state index contributed by atoms with van der Waals surface area (Å²) in [6.07, 6.45) is 0. The molecule has 0 radical (unpaired) electrons. The lowest BCUT2D eigenvalue weighted by molar-refractivity contribution is 0.608. The van der Waals surface area contributed by atoms with Crippen molar-refractivity contribution in [2.75, 3.05) is 5.73 Å². The number of benzene rings is 1. The molecule has 3 nitrogen and oxygen atoms in total. The zero-order valence-corrected chi connectivity index (χ0v) is 11.2. The van der Waals surface area contributed by atoms with Crippen molar-refractivity contribution in [2.24, 2.45) is 0 Å². The van der Waals surface area contributed by atoms with Gasteiger partial charge < -0.3 is 5.73 Å². The lowest BCUT2D eigenvalue weighted by atomic mass is 10.2. The Bertz CT molecular complexity index is 566. The van der Waals surface area contributed by atoms with Crippen LogP contribution in [0.5, 0.6) is 0 Å². The molecule has 0 aliphatic carbocycles. The van der Waals surface area contributed by atoms with E-state index in [-0.39, 0.29) is 11.5 Å². The topological polar surface area (TPSA) is 51.8 Å². The maximum Gasteiger partial charge on any atom is 0.186 e. The first kappa shape index (κ1) is 12.3. The van der Waals surface area contributed by atoms with Crippen molar-refractivity contribution in [1.82, 2.24) is 9.97 Å². The summed E-state index contributed by atoms with van der Waals surface area (Å²) in [4.78, 5) is 7.91. The molecule has 0 aliphatic heterocycles. The van der Waals surface area contributed by atoms with E-state index >= 15 is 0 Å². The molecule has 0 aliphatic rings. The second kappa shape index (κ2) is 4.58. The van der Waals surface area contributed by atoms with E-state index in [9.17, 15) is 4.39 Å². The minimum atomic E-state index is -0.595. The molecule has 6 heteroatoms. The van der Waals surface area contributed by atoms with Crippen LogP contribution in [0.3, 0.4) is 0 Å². The van der Waals surface area contributed by atoms with Crippen LogP contribution >= 0.6 is 27.5 Å². The maximum atomic E-state index is 13.3. The summed E-state index contributed by atoms with van der Waals surface area (Å²) in [6, 6.07) is 5.27. The number of nitrogen functional groups attached to an aromatic ring is 1. The highest BCUT2D eigenvalue weighted by molar-refractivity contribution is 9.10. The van der Waals surface area contributed by atoms with Crippen LogP contribution < -0.4 is 5.73 Å². The molecule has 0 saturated carbocycles. The number of aromatic nitrogens is 2. The lowest BCUT2D eigenvalue weighted by Gasteiger charge is -2.06. The van der Waals surface area contributed by atoms with Gasteiger partial charge in [0.15, 0.2) is 17.5 Å². The van der Waals surface area contributed by atoms with Gasteiger partial charge in [0.2, 0.25) is 0 Å². The average Bonchev–Trinajstić information content (AvgIpc) is 2.25. The van der Waals surface area contributed by atoms with Gasteiger partial charge >= 0.3 is 0 Å². The van der Waals surface area contributed by atoms with Gasteiger partial charge in [-0.1, -0.05) is 27.5 Å². The molecule has 2 aromatic rings. The predicted molar refractivity (Wildman–Crippen MR) is 69.3 cm³/mol. The number of rotatable bonds is 1. The highest BCUT2D eigenvalue weighted by Gasteiger charge is 2.12. The van der Waals surface area contributed by atoms with Crippen LogP contribution in [0.1, 0.15) is 5.69 Å². The predicted octanol–water partition coefficient (Wildman–Crippen LogP) is 3.59. The van der Waals surface area contributed by atoms with Gasteiger partial charge in [-0.05, 0) is 25.1 Å². The van der Waals surface area contributed by atoms with E-state index in [1.807, 2.05) is 0 Å². The smallest absolute Gasteiger partial charge is 0.186 e. The van der Waals surface area contributed by atoms with E-state index < -0.39 is 5.82 Å². The summed E-state index contributed by atoms with van der Waals surface area (Å²) in [6.45, 7) is 1.53. The Hall–Kier alpha value is -1.20. The van der Waals surface area contributed by atoms with E-state index in [0.29, 0.717) is 16.4 Å². The molecule has 0 saturated heterocycles. The normalized spacial score (nSPS) is 10.6. The van der Waals surface area contributed by atoms with Crippen LogP contribution in [-0.2, 0) is 0 Å². The van der Waals surface area contributed by atoms with Crippen molar-refractivity contribution >= 4 is 33.3 Å². The van der Waals surface area contributed by atoms with Gasteiger partial charge in [-0.25, -0.2) is 14.4 Å². The first-order chi connectivity index (χ1) is 7.99. The Kier molecular flexibility index (Phi) is 3.31. The molecule has 1 aromatic heterocycles. The fourth-order valence-corrected chi connectivity index (χ4v) is 2.13. The number of hydrogen-bond donors (Lipinski definition) is 1. The summed E-state index contributed by atoms with van der Waals surface area (Å²) in [5, 5.41) is 0.477. The van der Waals surface area contributed by atoms with E-state index in [1.165, 1.54) is 6.92 Å². The Morgan fingerprint density at radius 1 is 1.35 bits per heavy atom. The molecule has 0 atom stereocenters. The van der Waals surface area contributed by atoms with Crippen molar-refractivity contribution in [3.8, 4) is 11.4 Å². The third-order valence-electron chi connectivity index (χ3n) is 2.21. The number of nitrogens with two attached hydrogens (primary N) is 1. The van der Waals surface area contributed by atoms with Crippen LogP contribution in [0.4, 0.5) is 10.2 Å². The second-order valence-corrected chi connectivity index (χ2v) is 4.78. The van der Waals surface area contributed by atoms with Crippen molar-refractivity contribution < 1.29 is 4.39 Å². The number of anilines is 1. The summed E-state index contributed by atoms with van der Waals surface area (Å²) < 4.78 is 14.1. The Balaban J connectivity index is 2.61. The highest BCUT2D eigenvalue weighted by Crippen LogP contribution is 2.29. The summed E-state index contributed by atoms with van der Waals surface area (Å²) >= 11 is 9.36. The Morgan fingerprint density at radius 2 is 2.06 bits per heavy atom. The molecule has 0 fully saturated rings. The Morgan fingerprint density at radius 3 is 2.65 bits per heavy atom. The molecule has 0 amide bonds. The van der Waals surface area contributed by atoms with Crippen LogP contribution in [0.25, 0.3) is 11.4 Å². The third-order valence-corrected chi connectivity index (χ3v) is 3.02. The number of aryl methyl sites for hydroxylation is 1. The van der Waals surface area contributed by atoms with E-state index in [2.05, 4.69) is 25.9 Å². The largest absolute Gasteiger partial charge is 0.381 e. The van der Waals surface area contributed by atoms with Gasteiger partial charge in [0.25, 0.3) is 0 Å². The fraction of sp³-hybridized carbons (Fsp3) is 0.0909. The molecule has 1 aromatic carbocycles. The van der Waals surface area contributed by atoms with E-state index in [4.69, 9.17) is 17.3 Å². The van der Waals surface area contributed by atoms with Gasteiger partial charge in [0.05, 0.1) is 10.7 Å². The molecule has 0 bridgehead atoms. The number of hydrogen-bond acceptors (Lipinski definition) is 3. The molecular weight excluding hydrogens is 308 g/mol. The lowest BCUT2D eigenvalue weighted by Crippen LogP contribution is -2.03. The van der Waals surface area contributed by atoms with E-state index in [0.717, 1.165) is 4.47 Å². The molecular formula is C11H8BrClFN3. The quantitative estimate of drug-likeness (QED) is 0.874. The standard InChI is InChI=1S/C11H8BrClFN3/c1-5-9(14)10(15)17-11(16-5)7-3-2-6(12)4-8(7)13/h2-4H,1H3,(H2,15,16,17). The minimum Gasteiger partial charge on any atom is -0.381 e. The van der Waals surface area contributed by atoms with Crippen LogP contribution in [-0.4, -0.2) is 9.97 Å². The SMILES string of the molecule is Cc1nc(-c2ccc(Br)cc2Cl)nc(N)c1F. The van der Waals surface area contributed by atoms with Crippen LogP contribution in [0, 0.1) is 12.7 Å². The zero-order valence-electron chi connectivity index (χ0n) is 8.84. The third kappa shape index (κ3) is 2.40. The van der Waals surface area contributed by atoms with Gasteiger partial charge in [-0.3, -0.25) is 0 Å². The van der Waals surface area contributed by atoms with E-state index in [1.54, 1.807) is 18.2 Å². The number of nitrogens with zero attached hydrogens (tertiary/aromatic N) is 2. The summed E-state index contributed by atoms with van der Waals surface area (Å²) in [5.41, 5.74) is 6.28. The molecule has 0 spiro atoms. The molecule has 0 unspecified atom stereocenters. The number of halogens is 3. The second-order valence-electron chi connectivity index (χ2n) is 3.46. The van der Waals surface area contributed by atoms with Crippen molar-refractivity contribution in [3.05, 3.63) is 39.2 Å². The zero-order chi connectivity index (χ0) is 12.6. The minimum absolute atomic E-state index is 0.175. The molecule has 2 rings (SSSR count). The summed E-state index contributed by atoms with van der Waals surface area (Å²) in [7, 11) is 0. The van der Waals surface area contributed by atoms with Gasteiger partial charge in [0, 0.05) is 10.0 Å². The van der Waals surface area contributed by atoms with Crippen LogP contribution in [0.2, 0.25) is 5.02 Å². The molecule has 1 heterocycles. The Labute approximate surface area is 111 Å². The van der Waals surface area contributed by atoms with Crippen molar-refractivity contribution in [3.63, 3.8) is 0 Å². The molecule has 2 N–H and O–H groups in total. The van der Waals surface area contributed by atoms with Crippen LogP contribution in [0.15, 0.2) is 22.7 Å². The van der Waals surface area contributed by atoms with Gasteiger partial charge in [-0.15, -0.1) is 0 Å².